The first-order valence-corrected chi connectivity index (χ1v) is 19.3. The topological polar surface area (TPSA) is 150 Å². The van der Waals surface area contributed by atoms with Gasteiger partial charge in [-0.25, -0.2) is 0 Å². The monoisotopic (exact) mass is 692 g/mol. The average Bonchev–Trinajstić information content (AvgIpc) is 3.57. The van der Waals surface area contributed by atoms with Crippen molar-refractivity contribution in [2.24, 2.45) is 15.3 Å². The van der Waals surface area contributed by atoms with Crippen LogP contribution in [0.5, 0.6) is 11.5 Å². The summed E-state index contributed by atoms with van der Waals surface area (Å²) in [6.07, 6.45) is 19.4. The van der Waals surface area contributed by atoms with Crippen LogP contribution in [0.15, 0.2) is 68.8 Å². The third-order valence-corrected chi connectivity index (χ3v) is 9.68. The number of aromatic nitrogens is 2. The van der Waals surface area contributed by atoms with Crippen molar-refractivity contribution in [1.82, 2.24) is 10.2 Å². The molecule has 1 aliphatic rings. The highest BCUT2D eigenvalue weighted by Crippen LogP contribution is 2.35. The van der Waals surface area contributed by atoms with Gasteiger partial charge >= 0.3 is 0 Å². The Morgan fingerprint density at radius 1 is 0.857 bits per heavy atom. The Balaban J connectivity index is 1.36. The SMILES string of the molecule is CCCCCCCCCCCCCCCCCC1=NN(c2ccc(Oc3ccccc3)c(S(=O)(=O)O)c2)C(=O)[C@H]1N=Nc1c(C)n[nH]c1C. The first-order chi connectivity index (χ1) is 23.7. The van der Waals surface area contributed by atoms with E-state index in [1.807, 2.05) is 6.92 Å². The van der Waals surface area contributed by atoms with Crippen molar-refractivity contribution in [1.29, 1.82) is 0 Å². The predicted octanol–water partition coefficient (Wildman–Crippen LogP) is 10.2. The molecule has 1 aromatic heterocycles. The summed E-state index contributed by atoms with van der Waals surface area (Å²) >= 11 is 0. The van der Waals surface area contributed by atoms with E-state index in [9.17, 15) is 17.8 Å². The number of unbranched alkanes of at least 4 members (excludes halogenated alkanes) is 14. The smallest absolute Gasteiger partial charge is 0.298 e. The number of aryl methyl sites for hydroxylation is 2. The molecule has 11 nitrogen and oxygen atoms in total. The van der Waals surface area contributed by atoms with Crippen LogP contribution in [-0.2, 0) is 14.9 Å². The number of rotatable bonds is 22. The number of ether oxygens (including phenoxy) is 1. The van der Waals surface area contributed by atoms with Gasteiger partial charge in [0.25, 0.3) is 16.0 Å². The highest BCUT2D eigenvalue weighted by Gasteiger charge is 2.37. The van der Waals surface area contributed by atoms with E-state index in [4.69, 9.17) is 4.74 Å². The summed E-state index contributed by atoms with van der Waals surface area (Å²) in [5.41, 5.74) is 2.68. The molecule has 2 N–H and O–H groups in total. The largest absolute Gasteiger partial charge is 0.456 e. The quantitative estimate of drug-likeness (QED) is 0.0608. The van der Waals surface area contributed by atoms with Crippen molar-refractivity contribution >= 4 is 33.1 Å². The maximum atomic E-state index is 13.7. The van der Waals surface area contributed by atoms with Crippen molar-refractivity contribution < 1.29 is 22.5 Å². The molecule has 0 saturated heterocycles. The van der Waals surface area contributed by atoms with Crippen LogP contribution in [0, 0.1) is 13.8 Å². The Kier molecular flexibility index (Phi) is 15.0. The highest BCUT2D eigenvalue weighted by molar-refractivity contribution is 7.86. The molecule has 12 heteroatoms. The second kappa shape index (κ2) is 19.3. The predicted molar refractivity (Wildman–Crippen MR) is 194 cm³/mol. The van der Waals surface area contributed by atoms with E-state index in [1.54, 1.807) is 37.3 Å². The zero-order chi connectivity index (χ0) is 35.1. The van der Waals surface area contributed by atoms with Crippen molar-refractivity contribution in [3.8, 4) is 11.5 Å². The van der Waals surface area contributed by atoms with Crippen LogP contribution in [-0.4, -0.2) is 40.8 Å². The molecule has 0 fully saturated rings. The average molecular weight is 693 g/mol. The van der Waals surface area contributed by atoms with Gasteiger partial charge < -0.3 is 4.74 Å². The molecule has 0 radical (unpaired) electrons. The number of anilines is 1. The van der Waals surface area contributed by atoms with Crippen molar-refractivity contribution in [3.63, 3.8) is 0 Å². The summed E-state index contributed by atoms with van der Waals surface area (Å²) in [6.45, 7) is 5.90. The molecule has 266 valence electrons. The number of hydrazone groups is 1. The number of carbonyl (C=O) groups is 1. The van der Waals surface area contributed by atoms with E-state index >= 15 is 0 Å². The number of hydrogen-bond acceptors (Lipinski definition) is 8. The highest BCUT2D eigenvalue weighted by atomic mass is 32.2. The van der Waals surface area contributed by atoms with Gasteiger partial charge in [-0.2, -0.15) is 33.9 Å². The van der Waals surface area contributed by atoms with E-state index in [0.29, 0.717) is 29.3 Å². The third kappa shape index (κ3) is 11.6. The van der Waals surface area contributed by atoms with E-state index < -0.39 is 27.0 Å². The van der Waals surface area contributed by atoms with Crippen LogP contribution in [0.25, 0.3) is 0 Å². The molecule has 4 rings (SSSR count). The van der Waals surface area contributed by atoms with Crippen LogP contribution in [0.4, 0.5) is 11.4 Å². The molecule has 2 aromatic carbocycles. The minimum absolute atomic E-state index is 0.0757. The number of azo groups is 1. The summed E-state index contributed by atoms with van der Waals surface area (Å²) in [4.78, 5) is 13.3. The number of nitrogens with one attached hydrogen (secondary N) is 1. The number of nitrogens with zero attached hydrogens (tertiary/aromatic N) is 5. The van der Waals surface area contributed by atoms with Gasteiger partial charge in [0.15, 0.2) is 6.04 Å². The normalized spacial score (nSPS) is 15.0. The van der Waals surface area contributed by atoms with Crippen LogP contribution in [0.3, 0.4) is 0 Å². The molecular weight excluding hydrogens is 641 g/mol. The molecule has 0 spiro atoms. The molecule has 1 aliphatic heterocycles. The number of aromatic amines is 1. The number of amides is 1. The fourth-order valence-corrected chi connectivity index (χ4v) is 6.63. The molecule has 1 atom stereocenters. The zero-order valence-corrected chi connectivity index (χ0v) is 30.1. The van der Waals surface area contributed by atoms with Crippen LogP contribution < -0.4 is 9.75 Å². The summed E-state index contributed by atoms with van der Waals surface area (Å²) in [7, 11) is -4.70. The zero-order valence-electron chi connectivity index (χ0n) is 29.2. The van der Waals surface area contributed by atoms with Gasteiger partial charge in [-0.05, 0) is 57.0 Å². The lowest BCUT2D eigenvalue weighted by Crippen LogP contribution is -2.30. The Hall–Kier alpha value is -3.90. The lowest BCUT2D eigenvalue weighted by Gasteiger charge is -2.15. The number of hydrogen-bond donors (Lipinski definition) is 2. The van der Waals surface area contributed by atoms with E-state index in [1.165, 1.54) is 95.2 Å². The molecular formula is C37H52N6O5S. The Morgan fingerprint density at radius 3 is 2.00 bits per heavy atom. The number of benzene rings is 2. The second-order valence-corrected chi connectivity index (χ2v) is 14.3. The van der Waals surface area contributed by atoms with Gasteiger partial charge in [0.1, 0.15) is 22.1 Å². The van der Waals surface area contributed by atoms with Gasteiger partial charge in [-0.3, -0.25) is 14.4 Å². The summed E-state index contributed by atoms with van der Waals surface area (Å²) in [5, 5.41) is 21.6. The van der Waals surface area contributed by atoms with Gasteiger partial charge in [-0.1, -0.05) is 115 Å². The molecule has 0 bridgehead atoms. The minimum atomic E-state index is -4.70. The van der Waals surface area contributed by atoms with Crippen LogP contribution in [0.1, 0.15) is 121 Å². The molecule has 0 aliphatic carbocycles. The van der Waals surface area contributed by atoms with Crippen molar-refractivity contribution in [3.05, 3.63) is 59.9 Å². The molecule has 0 saturated carbocycles. The fraction of sp³-hybridized carbons (Fsp3) is 0.541. The lowest BCUT2D eigenvalue weighted by molar-refractivity contribution is -0.117. The van der Waals surface area contributed by atoms with E-state index in [2.05, 4.69) is 32.5 Å². The molecule has 0 unspecified atom stereocenters. The van der Waals surface area contributed by atoms with Crippen LogP contribution >= 0.6 is 0 Å². The van der Waals surface area contributed by atoms with Crippen LogP contribution in [0.2, 0.25) is 0 Å². The summed E-state index contributed by atoms with van der Waals surface area (Å²) < 4.78 is 40.5. The van der Waals surface area contributed by atoms with Gasteiger partial charge in [0.2, 0.25) is 0 Å². The number of H-pyrrole nitrogens is 1. The fourth-order valence-electron chi connectivity index (χ4n) is 5.99. The minimum Gasteiger partial charge on any atom is -0.456 e. The molecule has 2 heterocycles. The standard InChI is InChI=1S/C37H52N6O5S/c1-4-5-6-7-8-9-10-11-12-13-14-15-16-17-21-24-32-36(41-40-35-28(2)38-39-29(35)3)37(44)43(42-32)30-25-26-33(34(27-30)49(45,46)47)48-31-22-19-18-20-23-31/h18-20,22-23,25-27,36H,4-17,21,24H2,1-3H3,(H,38,39)(H,45,46,47)/t36-/m0/s1. The van der Waals surface area contributed by atoms with Gasteiger partial charge in [0.05, 0.1) is 22.8 Å². The first kappa shape index (κ1) is 37.9. The maximum Gasteiger partial charge on any atom is 0.298 e. The Morgan fingerprint density at radius 2 is 1.45 bits per heavy atom. The third-order valence-electron chi connectivity index (χ3n) is 8.81. The van der Waals surface area contributed by atoms with Crippen molar-refractivity contribution in [2.45, 2.75) is 134 Å². The van der Waals surface area contributed by atoms with E-state index in [0.717, 1.165) is 30.0 Å². The first-order valence-electron chi connectivity index (χ1n) is 17.9. The second-order valence-electron chi connectivity index (χ2n) is 12.9. The summed E-state index contributed by atoms with van der Waals surface area (Å²) in [6, 6.07) is 11.8. The maximum absolute atomic E-state index is 13.7. The van der Waals surface area contributed by atoms with Gasteiger partial charge in [0, 0.05) is 0 Å². The Bertz CT molecular complexity index is 1640. The molecule has 3 aromatic rings. The molecule has 49 heavy (non-hydrogen) atoms. The van der Waals surface area contributed by atoms with Crippen molar-refractivity contribution in [2.75, 3.05) is 5.01 Å². The summed E-state index contributed by atoms with van der Waals surface area (Å²) in [5.74, 6) is -0.142. The lowest BCUT2D eigenvalue weighted by atomic mass is 10.0. The number of carbonyl (C=O) groups excluding carboxylic acids is 1. The van der Waals surface area contributed by atoms with Gasteiger partial charge in [-0.15, -0.1) is 0 Å². The number of para-hydroxylation sites is 1. The Labute approximate surface area is 291 Å². The molecule has 1 amide bonds. The van der Waals surface area contributed by atoms with E-state index in [-0.39, 0.29) is 11.4 Å².